The molecule has 0 unspecified atom stereocenters. The van der Waals surface area contributed by atoms with Gasteiger partial charge in [0, 0.05) is 0 Å². The zero-order valence-electron chi connectivity index (χ0n) is 25.3. The summed E-state index contributed by atoms with van der Waals surface area (Å²) in [5, 5.41) is 0. The van der Waals surface area contributed by atoms with Crippen LogP contribution in [0, 0.1) is 0 Å². The van der Waals surface area contributed by atoms with Gasteiger partial charge in [0.05, 0.1) is 11.5 Å². The first-order chi connectivity index (χ1) is 18.6. The molecule has 38 heavy (non-hydrogen) atoms. The van der Waals surface area contributed by atoms with Gasteiger partial charge in [-0.25, -0.2) is 0 Å². The third-order valence-electron chi connectivity index (χ3n) is 7.77. The molecule has 0 amide bonds. The Kier molecular flexibility index (Phi) is 23.2. The maximum absolute atomic E-state index is 12.5. The SMILES string of the molecule is CCCCCCCCCCCCCCOS(=O)(=O)c1ccc(CCCCCCCCCCCCCC)cc1. The van der Waals surface area contributed by atoms with Crippen molar-refractivity contribution in [1.29, 1.82) is 0 Å². The minimum absolute atomic E-state index is 0.287. The second-order valence-electron chi connectivity index (χ2n) is 11.4. The van der Waals surface area contributed by atoms with Gasteiger partial charge < -0.3 is 0 Å². The van der Waals surface area contributed by atoms with Crippen LogP contribution < -0.4 is 0 Å². The molecule has 0 heterocycles. The topological polar surface area (TPSA) is 43.4 Å². The van der Waals surface area contributed by atoms with E-state index in [1.165, 1.54) is 147 Å². The second kappa shape index (κ2) is 25.1. The van der Waals surface area contributed by atoms with Crippen LogP contribution in [0.4, 0.5) is 0 Å². The van der Waals surface area contributed by atoms with Gasteiger partial charge in [-0.2, -0.15) is 8.42 Å². The lowest BCUT2D eigenvalue weighted by Crippen LogP contribution is -2.07. The van der Waals surface area contributed by atoms with Crippen molar-refractivity contribution in [3.8, 4) is 0 Å². The Morgan fingerprint density at radius 1 is 0.474 bits per heavy atom. The van der Waals surface area contributed by atoms with Crippen LogP contribution in [0.5, 0.6) is 0 Å². The lowest BCUT2D eigenvalue weighted by atomic mass is 10.0. The highest BCUT2D eigenvalue weighted by atomic mass is 32.2. The van der Waals surface area contributed by atoms with Crippen LogP contribution in [0.25, 0.3) is 0 Å². The van der Waals surface area contributed by atoms with E-state index in [4.69, 9.17) is 4.18 Å². The van der Waals surface area contributed by atoms with Gasteiger partial charge >= 0.3 is 0 Å². The molecule has 0 aliphatic carbocycles. The first kappa shape index (κ1) is 35.2. The molecular weight excluding hydrogens is 488 g/mol. The summed E-state index contributed by atoms with van der Waals surface area (Å²) in [7, 11) is -3.64. The van der Waals surface area contributed by atoms with E-state index in [0.717, 1.165) is 19.3 Å². The molecular formula is C34H62O3S. The summed E-state index contributed by atoms with van der Waals surface area (Å²) in [6.45, 7) is 4.83. The van der Waals surface area contributed by atoms with E-state index >= 15 is 0 Å². The summed E-state index contributed by atoms with van der Waals surface area (Å²) >= 11 is 0. The molecule has 0 atom stereocenters. The Balaban J connectivity index is 2.02. The van der Waals surface area contributed by atoms with Crippen LogP contribution in [-0.2, 0) is 20.7 Å². The van der Waals surface area contributed by atoms with Crippen molar-refractivity contribution in [2.45, 2.75) is 179 Å². The van der Waals surface area contributed by atoms with Gasteiger partial charge in [0.15, 0.2) is 0 Å². The predicted octanol–water partition coefficient (Wildman–Crippen LogP) is 11.3. The molecule has 0 saturated heterocycles. The smallest absolute Gasteiger partial charge is 0.266 e. The first-order valence-electron chi connectivity index (χ1n) is 16.6. The first-order valence-corrected chi connectivity index (χ1v) is 18.0. The highest BCUT2D eigenvalue weighted by molar-refractivity contribution is 7.86. The van der Waals surface area contributed by atoms with Crippen LogP contribution >= 0.6 is 0 Å². The van der Waals surface area contributed by atoms with Crippen molar-refractivity contribution in [2.75, 3.05) is 6.61 Å². The highest BCUT2D eigenvalue weighted by Gasteiger charge is 2.14. The number of aryl methyl sites for hydroxylation is 1. The number of hydrogen-bond donors (Lipinski definition) is 0. The molecule has 0 aliphatic rings. The Bertz CT molecular complexity index is 727. The fourth-order valence-electron chi connectivity index (χ4n) is 5.17. The second-order valence-corrected chi connectivity index (χ2v) is 13.1. The van der Waals surface area contributed by atoms with Crippen molar-refractivity contribution in [2.24, 2.45) is 0 Å². The number of unbranched alkanes of at least 4 members (excludes halogenated alkanes) is 22. The van der Waals surface area contributed by atoms with Gasteiger partial charge in [-0.1, -0.05) is 167 Å². The lowest BCUT2D eigenvalue weighted by molar-refractivity contribution is 0.306. The van der Waals surface area contributed by atoms with Crippen molar-refractivity contribution in [3.63, 3.8) is 0 Å². The Morgan fingerprint density at radius 3 is 1.21 bits per heavy atom. The third-order valence-corrected chi connectivity index (χ3v) is 9.09. The van der Waals surface area contributed by atoms with Crippen molar-refractivity contribution in [3.05, 3.63) is 29.8 Å². The van der Waals surface area contributed by atoms with Crippen LogP contribution in [0.2, 0.25) is 0 Å². The van der Waals surface area contributed by atoms with E-state index in [1.807, 2.05) is 12.1 Å². The van der Waals surface area contributed by atoms with Gasteiger partial charge in [-0.15, -0.1) is 0 Å². The van der Waals surface area contributed by atoms with E-state index < -0.39 is 10.1 Å². The Hall–Kier alpha value is -0.870. The highest BCUT2D eigenvalue weighted by Crippen LogP contribution is 2.18. The minimum atomic E-state index is -3.64. The minimum Gasteiger partial charge on any atom is -0.266 e. The molecule has 4 heteroatoms. The molecule has 3 nitrogen and oxygen atoms in total. The van der Waals surface area contributed by atoms with E-state index in [1.54, 1.807) is 12.1 Å². The zero-order valence-corrected chi connectivity index (χ0v) is 26.1. The molecule has 222 valence electrons. The van der Waals surface area contributed by atoms with E-state index in [2.05, 4.69) is 13.8 Å². The van der Waals surface area contributed by atoms with E-state index in [0.29, 0.717) is 6.61 Å². The van der Waals surface area contributed by atoms with Crippen molar-refractivity contribution in [1.82, 2.24) is 0 Å². The summed E-state index contributed by atoms with van der Waals surface area (Å²) < 4.78 is 30.3. The van der Waals surface area contributed by atoms with E-state index in [9.17, 15) is 8.42 Å². The van der Waals surface area contributed by atoms with Crippen molar-refractivity contribution < 1.29 is 12.6 Å². The maximum atomic E-state index is 12.5. The molecule has 0 aromatic heterocycles. The molecule has 0 aliphatic heterocycles. The summed E-state index contributed by atoms with van der Waals surface area (Å²) in [6, 6.07) is 7.35. The molecule has 0 saturated carbocycles. The number of rotatable bonds is 28. The van der Waals surface area contributed by atoms with Crippen molar-refractivity contribution >= 4 is 10.1 Å². The molecule has 0 bridgehead atoms. The zero-order chi connectivity index (χ0) is 27.6. The van der Waals surface area contributed by atoms with Gasteiger partial charge in [0.1, 0.15) is 0 Å². The average Bonchev–Trinajstić information content (AvgIpc) is 2.92. The van der Waals surface area contributed by atoms with Gasteiger partial charge in [-0.05, 0) is 37.0 Å². The van der Waals surface area contributed by atoms with Crippen LogP contribution in [0.3, 0.4) is 0 Å². The quantitative estimate of drug-likeness (QED) is 0.0769. The number of benzene rings is 1. The Labute approximate surface area is 238 Å². The van der Waals surface area contributed by atoms with E-state index in [-0.39, 0.29) is 4.90 Å². The van der Waals surface area contributed by atoms with Gasteiger partial charge in [0.2, 0.25) is 0 Å². The van der Waals surface area contributed by atoms with Gasteiger partial charge in [-0.3, -0.25) is 4.18 Å². The summed E-state index contributed by atoms with van der Waals surface area (Å²) in [6.07, 6.45) is 32.4. The fourth-order valence-corrected chi connectivity index (χ4v) is 6.12. The maximum Gasteiger partial charge on any atom is 0.296 e. The fraction of sp³-hybridized carbons (Fsp3) is 0.824. The molecule has 1 aromatic rings. The number of hydrogen-bond acceptors (Lipinski definition) is 3. The molecule has 1 aromatic carbocycles. The molecule has 0 spiro atoms. The lowest BCUT2D eigenvalue weighted by Gasteiger charge is -2.07. The largest absolute Gasteiger partial charge is 0.296 e. The van der Waals surface area contributed by atoms with Gasteiger partial charge in [0.25, 0.3) is 10.1 Å². The van der Waals surface area contributed by atoms with Crippen LogP contribution in [0.1, 0.15) is 174 Å². The van der Waals surface area contributed by atoms with Crippen LogP contribution in [0.15, 0.2) is 29.2 Å². The monoisotopic (exact) mass is 550 g/mol. The molecule has 1 rings (SSSR count). The van der Waals surface area contributed by atoms with Crippen LogP contribution in [-0.4, -0.2) is 15.0 Å². The summed E-state index contributed by atoms with van der Waals surface area (Å²) in [4.78, 5) is 0.287. The average molecular weight is 551 g/mol. The molecule has 0 fully saturated rings. The third kappa shape index (κ3) is 20.1. The Morgan fingerprint density at radius 2 is 0.816 bits per heavy atom. The standard InChI is InChI=1S/C34H62O3S/c1-3-5-7-9-11-13-15-17-19-21-23-25-27-33-28-30-34(31-29-33)38(35,36)37-32-26-24-22-20-18-16-14-12-10-8-6-4-2/h28-31H,3-27,32H2,1-2H3. The summed E-state index contributed by atoms with van der Waals surface area (Å²) in [5.41, 5.74) is 1.22. The molecule has 0 N–H and O–H groups in total. The molecule has 0 radical (unpaired) electrons. The normalized spacial score (nSPS) is 11.8. The summed E-state index contributed by atoms with van der Waals surface area (Å²) in [5.74, 6) is 0. The predicted molar refractivity (Wildman–Crippen MR) is 165 cm³/mol.